The standard InChI is InChI=1S/C17H16Cl2N2O4S/c1-3-25-16(22)7-6-13-5-4-11(10-21-13)12-8-14(18)17(15(19)9-12)26(23,24)20-2/h4-10,20H,3H2,1-2H3. The molecule has 2 aromatic rings. The SMILES string of the molecule is CCOC(=O)C=Cc1ccc(-c2cc(Cl)c(S(=O)(=O)NC)c(Cl)c2)cn1. The lowest BCUT2D eigenvalue weighted by Gasteiger charge is -2.10. The molecule has 0 atom stereocenters. The molecule has 0 saturated carbocycles. The number of ether oxygens (including phenoxy) is 1. The van der Waals surface area contributed by atoms with E-state index in [1.54, 1.807) is 25.3 Å². The molecule has 9 heteroatoms. The molecule has 0 amide bonds. The fraction of sp³-hybridized carbons (Fsp3) is 0.176. The highest BCUT2D eigenvalue weighted by Crippen LogP contribution is 2.34. The van der Waals surface area contributed by atoms with Gasteiger partial charge in [0.1, 0.15) is 4.90 Å². The Hall–Kier alpha value is -1.93. The molecule has 0 spiro atoms. The lowest BCUT2D eigenvalue weighted by Crippen LogP contribution is -2.19. The Morgan fingerprint density at radius 3 is 2.38 bits per heavy atom. The Morgan fingerprint density at radius 2 is 1.88 bits per heavy atom. The number of halogens is 2. The molecule has 2 rings (SSSR count). The average molecular weight is 415 g/mol. The highest BCUT2D eigenvalue weighted by atomic mass is 35.5. The average Bonchev–Trinajstić information content (AvgIpc) is 2.60. The number of pyridine rings is 1. The summed E-state index contributed by atoms with van der Waals surface area (Å²) < 4.78 is 30.9. The number of carbonyl (C=O) groups is 1. The third-order valence-electron chi connectivity index (χ3n) is 3.33. The molecule has 26 heavy (non-hydrogen) atoms. The molecule has 138 valence electrons. The van der Waals surface area contributed by atoms with E-state index in [0.29, 0.717) is 23.4 Å². The lowest BCUT2D eigenvalue weighted by molar-refractivity contribution is -0.137. The predicted molar refractivity (Wildman–Crippen MR) is 102 cm³/mol. The number of hydrogen-bond donors (Lipinski definition) is 1. The monoisotopic (exact) mass is 414 g/mol. The molecule has 0 aliphatic heterocycles. The van der Waals surface area contributed by atoms with Crippen molar-refractivity contribution in [3.05, 3.63) is 52.3 Å². The number of benzene rings is 1. The largest absolute Gasteiger partial charge is 0.463 e. The third kappa shape index (κ3) is 4.82. The Balaban J connectivity index is 2.31. The summed E-state index contributed by atoms with van der Waals surface area (Å²) in [5.74, 6) is -0.446. The Bertz CT molecular complexity index is 919. The van der Waals surface area contributed by atoms with Crippen LogP contribution in [0.15, 0.2) is 41.4 Å². The van der Waals surface area contributed by atoms with Crippen molar-refractivity contribution in [1.82, 2.24) is 9.71 Å². The maximum Gasteiger partial charge on any atom is 0.330 e. The van der Waals surface area contributed by atoms with Crippen molar-refractivity contribution < 1.29 is 17.9 Å². The van der Waals surface area contributed by atoms with E-state index in [1.807, 2.05) is 0 Å². The van der Waals surface area contributed by atoms with E-state index >= 15 is 0 Å². The Labute approximate surface area is 161 Å². The molecule has 0 aliphatic carbocycles. The second kappa shape index (κ2) is 8.64. The molecule has 0 radical (unpaired) electrons. The minimum Gasteiger partial charge on any atom is -0.463 e. The predicted octanol–water partition coefficient (Wildman–Crippen LogP) is 3.54. The number of nitrogens with zero attached hydrogens (tertiary/aromatic N) is 1. The number of carbonyl (C=O) groups excluding carboxylic acids is 1. The fourth-order valence-electron chi connectivity index (χ4n) is 2.10. The summed E-state index contributed by atoms with van der Waals surface area (Å²) in [4.78, 5) is 15.3. The summed E-state index contributed by atoms with van der Waals surface area (Å²) in [7, 11) is -2.49. The van der Waals surface area contributed by atoms with Crippen LogP contribution in [-0.4, -0.2) is 33.0 Å². The van der Waals surface area contributed by atoms with Gasteiger partial charge in [0.15, 0.2) is 0 Å². The van der Waals surface area contributed by atoms with E-state index in [4.69, 9.17) is 27.9 Å². The smallest absolute Gasteiger partial charge is 0.330 e. The van der Waals surface area contributed by atoms with Gasteiger partial charge in [0.2, 0.25) is 10.0 Å². The summed E-state index contributed by atoms with van der Waals surface area (Å²) in [6, 6.07) is 6.46. The Kier molecular flexibility index (Phi) is 6.77. The maximum absolute atomic E-state index is 12.0. The second-order valence-corrected chi connectivity index (χ2v) is 7.67. The molecule has 1 N–H and O–H groups in total. The van der Waals surface area contributed by atoms with Crippen LogP contribution < -0.4 is 4.72 Å². The van der Waals surface area contributed by atoms with E-state index in [1.165, 1.54) is 31.3 Å². The van der Waals surface area contributed by atoms with E-state index in [2.05, 4.69) is 9.71 Å². The minimum absolute atomic E-state index is 0.00753. The van der Waals surface area contributed by atoms with Crippen LogP contribution in [0.2, 0.25) is 10.0 Å². The first kappa shape index (κ1) is 20.4. The van der Waals surface area contributed by atoms with E-state index in [0.717, 1.165) is 0 Å². The van der Waals surface area contributed by atoms with Gasteiger partial charge in [0, 0.05) is 17.8 Å². The van der Waals surface area contributed by atoms with Crippen molar-refractivity contribution in [2.45, 2.75) is 11.8 Å². The summed E-state index contributed by atoms with van der Waals surface area (Å²) in [5, 5.41) is 0.0151. The number of sulfonamides is 1. The van der Waals surface area contributed by atoms with Crippen LogP contribution in [0.5, 0.6) is 0 Å². The molecular weight excluding hydrogens is 399 g/mol. The van der Waals surface area contributed by atoms with Crippen molar-refractivity contribution in [3.63, 3.8) is 0 Å². The van der Waals surface area contributed by atoms with Gasteiger partial charge in [-0.1, -0.05) is 29.3 Å². The van der Waals surface area contributed by atoms with Gasteiger partial charge in [-0.3, -0.25) is 4.98 Å². The van der Waals surface area contributed by atoms with Crippen LogP contribution in [0, 0.1) is 0 Å². The minimum atomic E-state index is -3.77. The molecule has 1 aromatic heterocycles. The lowest BCUT2D eigenvalue weighted by atomic mass is 10.1. The molecular formula is C17H16Cl2N2O4S. The summed E-state index contributed by atoms with van der Waals surface area (Å²) in [5.41, 5.74) is 1.87. The molecule has 6 nitrogen and oxygen atoms in total. The van der Waals surface area contributed by atoms with Crippen molar-refractivity contribution in [2.24, 2.45) is 0 Å². The zero-order valence-corrected chi connectivity index (χ0v) is 16.3. The number of nitrogens with one attached hydrogen (secondary N) is 1. The molecule has 0 fully saturated rings. The number of rotatable bonds is 6. The van der Waals surface area contributed by atoms with Gasteiger partial charge < -0.3 is 4.74 Å². The molecule has 1 heterocycles. The highest BCUT2D eigenvalue weighted by molar-refractivity contribution is 7.89. The number of esters is 1. The van der Waals surface area contributed by atoms with Crippen molar-refractivity contribution in [1.29, 1.82) is 0 Å². The maximum atomic E-state index is 12.0. The van der Waals surface area contributed by atoms with Crippen LogP contribution in [0.3, 0.4) is 0 Å². The molecule has 0 aliphatic rings. The number of aromatic nitrogens is 1. The van der Waals surface area contributed by atoms with Gasteiger partial charge in [-0.05, 0) is 43.8 Å². The van der Waals surface area contributed by atoms with Crippen molar-refractivity contribution in [2.75, 3.05) is 13.7 Å². The number of hydrogen-bond acceptors (Lipinski definition) is 5. The van der Waals surface area contributed by atoms with Gasteiger partial charge in [0.25, 0.3) is 0 Å². The highest BCUT2D eigenvalue weighted by Gasteiger charge is 2.21. The third-order valence-corrected chi connectivity index (χ3v) is 5.67. The van der Waals surface area contributed by atoms with Crippen molar-refractivity contribution >= 4 is 45.3 Å². The summed E-state index contributed by atoms with van der Waals surface area (Å²) in [6.07, 6.45) is 4.39. The van der Waals surface area contributed by atoms with Gasteiger partial charge in [0.05, 0.1) is 22.3 Å². The first-order valence-corrected chi connectivity index (χ1v) is 9.76. The second-order valence-electron chi connectivity index (χ2n) is 5.03. The quantitative estimate of drug-likeness (QED) is 0.576. The van der Waals surface area contributed by atoms with Crippen LogP contribution in [0.1, 0.15) is 12.6 Å². The molecule has 0 bridgehead atoms. The van der Waals surface area contributed by atoms with Gasteiger partial charge in [-0.25, -0.2) is 17.9 Å². The van der Waals surface area contributed by atoms with Crippen LogP contribution in [0.4, 0.5) is 0 Å². The summed E-state index contributed by atoms with van der Waals surface area (Å²) >= 11 is 12.2. The zero-order valence-electron chi connectivity index (χ0n) is 14.0. The topological polar surface area (TPSA) is 85.4 Å². The van der Waals surface area contributed by atoms with Gasteiger partial charge in [-0.15, -0.1) is 0 Å². The van der Waals surface area contributed by atoms with Crippen molar-refractivity contribution in [3.8, 4) is 11.1 Å². The first-order chi connectivity index (χ1) is 12.3. The zero-order chi connectivity index (χ0) is 19.3. The first-order valence-electron chi connectivity index (χ1n) is 7.52. The molecule has 0 saturated heterocycles. The van der Waals surface area contributed by atoms with Crippen LogP contribution in [0.25, 0.3) is 17.2 Å². The normalized spacial score (nSPS) is 11.7. The van der Waals surface area contributed by atoms with E-state index in [9.17, 15) is 13.2 Å². The van der Waals surface area contributed by atoms with E-state index < -0.39 is 16.0 Å². The summed E-state index contributed by atoms with van der Waals surface area (Å²) in [6.45, 7) is 2.03. The fourth-order valence-corrected chi connectivity index (χ4v) is 4.04. The molecule has 1 aromatic carbocycles. The Morgan fingerprint density at radius 1 is 1.23 bits per heavy atom. The van der Waals surface area contributed by atoms with Gasteiger partial charge >= 0.3 is 5.97 Å². The van der Waals surface area contributed by atoms with Crippen LogP contribution >= 0.6 is 23.2 Å². The van der Waals surface area contributed by atoms with Gasteiger partial charge in [-0.2, -0.15) is 0 Å². The van der Waals surface area contributed by atoms with Crippen LogP contribution in [-0.2, 0) is 19.6 Å². The molecule has 0 unspecified atom stereocenters. The van der Waals surface area contributed by atoms with E-state index in [-0.39, 0.29) is 14.9 Å².